The van der Waals surface area contributed by atoms with E-state index in [2.05, 4.69) is 4.99 Å². The van der Waals surface area contributed by atoms with Gasteiger partial charge in [-0.05, 0) is 31.3 Å². The Morgan fingerprint density at radius 1 is 1.25 bits per heavy atom. The van der Waals surface area contributed by atoms with E-state index in [1.165, 1.54) is 29.8 Å². The molecule has 0 spiro atoms. The molecule has 0 radical (unpaired) electrons. The Bertz CT molecular complexity index is 766. The summed E-state index contributed by atoms with van der Waals surface area (Å²) in [5, 5.41) is 0. The predicted octanol–water partition coefficient (Wildman–Crippen LogP) is 4.87. The summed E-state index contributed by atoms with van der Waals surface area (Å²) in [6, 6.07) is 7.66. The largest absolute Gasteiger partial charge is 0.233 e. The minimum atomic E-state index is -3.51. The highest BCUT2D eigenvalue weighted by atomic mass is 32.2. The van der Waals surface area contributed by atoms with E-state index in [1.54, 1.807) is 18.0 Å². The van der Waals surface area contributed by atoms with E-state index in [4.69, 9.17) is 12.2 Å². The molecular formula is C16H21NO2S5. The van der Waals surface area contributed by atoms with Crippen molar-refractivity contribution in [2.45, 2.75) is 13.8 Å². The number of nitrogens with zero attached hydrogens (tertiary/aromatic N) is 1. The molecule has 132 valence electrons. The molecule has 0 aliphatic rings. The van der Waals surface area contributed by atoms with Crippen molar-refractivity contribution in [3.8, 4) is 0 Å². The topological polar surface area (TPSA) is 46.5 Å². The fraction of sp³-hybridized carbons (Fsp3) is 0.375. The SMILES string of the molecule is CCSC(=N/C(=C(\C(=S)SC)S(C)(=O)=O)c1cccc(C)c1)SC. The summed E-state index contributed by atoms with van der Waals surface area (Å²) in [4.78, 5) is 4.80. The van der Waals surface area contributed by atoms with Gasteiger partial charge in [0, 0.05) is 11.8 Å². The van der Waals surface area contributed by atoms with Crippen molar-refractivity contribution in [1.82, 2.24) is 0 Å². The zero-order chi connectivity index (χ0) is 18.3. The average molecular weight is 420 g/mol. The number of benzene rings is 1. The van der Waals surface area contributed by atoms with Gasteiger partial charge >= 0.3 is 0 Å². The Labute approximate surface area is 163 Å². The smallest absolute Gasteiger partial charge is 0.179 e. The number of rotatable bonds is 5. The van der Waals surface area contributed by atoms with Gasteiger partial charge in [-0.15, -0.1) is 23.5 Å². The summed E-state index contributed by atoms with van der Waals surface area (Å²) in [6.07, 6.45) is 4.89. The van der Waals surface area contributed by atoms with Gasteiger partial charge in [-0.25, -0.2) is 13.4 Å². The van der Waals surface area contributed by atoms with Crippen molar-refractivity contribution in [3.63, 3.8) is 0 Å². The molecule has 0 amide bonds. The van der Waals surface area contributed by atoms with Crippen LogP contribution in [-0.4, -0.2) is 41.5 Å². The van der Waals surface area contributed by atoms with Crippen molar-refractivity contribution in [2.24, 2.45) is 4.99 Å². The summed E-state index contributed by atoms with van der Waals surface area (Å²) >= 11 is 9.67. The molecule has 0 atom stereocenters. The van der Waals surface area contributed by atoms with Crippen LogP contribution in [0.4, 0.5) is 0 Å². The van der Waals surface area contributed by atoms with E-state index in [0.717, 1.165) is 21.3 Å². The van der Waals surface area contributed by atoms with Crippen LogP contribution in [0, 0.1) is 6.92 Å². The third-order valence-corrected chi connectivity index (χ3v) is 7.49. The molecule has 0 aliphatic heterocycles. The van der Waals surface area contributed by atoms with Crippen LogP contribution < -0.4 is 0 Å². The highest BCUT2D eigenvalue weighted by molar-refractivity contribution is 8.38. The van der Waals surface area contributed by atoms with Crippen LogP contribution in [-0.2, 0) is 9.84 Å². The second kappa shape index (κ2) is 10.0. The number of aliphatic imine (C=N–C) groups is 1. The molecule has 1 aromatic rings. The van der Waals surface area contributed by atoms with Crippen molar-refractivity contribution in [2.75, 3.05) is 24.5 Å². The predicted molar refractivity (Wildman–Crippen MR) is 118 cm³/mol. The molecule has 0 N–H and O–H groups in total. The standard InChI is InChI=1S/C16H21NO2S5/c1-6-23-16(22-4)17-13(12-9-7-8-11(2)10-12)14(15(20)21-3)24(5,18)19/h7-10H,6H2,1-5H3/b14-13+,17-16?. The Hall–Kier alpha value is -0.280. The lowest BCUT2D eigenvalue weighted by molar-refractivity contribution is 0.609. The molecule has 24 heavy (non-hydrogen) atoms. The summed E-state index contributed by atoms with van der Waals surface area (Å²) in [6.45, 7) is 4.00. The number of aryl methyl sites for hydroxylation is 1. The third-order valence-electron chi connectivity index (χ3n) is 2.89. The molecule has 0 saturated carbocycles. The van der Waals surface area contributed by atoms with Crippen LogP contribution in [0.15, 0.2) is 34.2 Å². The van der Waals surface area contributed by atoms with E-state index in [9.17, 15) is 8.42 Å². The molecule has 0 heterocycles. The monoisotopic (exact) mass is 419 g/mol. The fourth-order valence-electron chi connectivity index (χ4n) is 1.91. The van der Waals surface area contributed by atoms with E-state index in [-0.39, 0.29) is 4.91 Å². The van der Waals surface area contributed by atoms with Crippen LogP contribution >= 0.6 is 47.5 Å². The first-order valence-electron chi connectivity index (χ1n) is 7.09. The zero-order valence-corrected chi connectivity index (χ0v) is 18.4. The quantitative estimate of drug-likeness (QED) is 0.294. The molecule has 0 aliphatic carbocycles. The molecule has 0 bridgehead atoms. The van der Waals surface area contributed by atoms with Gasteiger partial charge in [-0.2, -0.15) is 0 Å². The summed E-state index contributed by atoms with van der Waals surface area (Å²) < 4.78 is 26.0. The van der Waals surface area contributed by atoms with E-state index in [0.29, 0.717) is 9.89 Å². The maximum Gasteiger partial charge on any atom is 0.179 e. The Morgan fingerprint density at radius 3 is 2.38 bits per heavy atom. The lowest BCUT2D eigenvalue weighted by Gasteiger charge is -2.13. The molecule has 0 unspecified atom stereocenters. The average Bonchev–Trinajstić information content (AvgIpc) is 2.51. The number of thiocarbonyl (C=S) groups is 1. The highest BCUT2D eigenvalue weighted by Crippen LogP contribution is 2.31. The van der Waals surface area contributed by atoms with Gasteiger partial charge in [0.1, 0.15) is 9.28 Å². The van der Waals surface area contributed by atoms with E-state index in [1.807, 2.05) is 44.4 Å². The van der Waals surface area contributed by atoms with E-state index >= 15 is 0 Å². The molecule has 1 aromatic carbocycles. The second-order valence-corrected chi connectivity index (χ2v) is 10.6. The van der Waals surface area contributed by atoms with Crippen LogP contribution in [0.3, 0.4) is 0 Å². The summed E-state index contributed by atoms with van der Waals surface area (Å²) in [5.74, 6) is 0.863. The number of sulfone groups is 1. The number of thioether (sulfide) groups is 3. The van der Waals surface area contributed by atoms with Crippen LogP contribution in [0.2, 0.25) is 0 Å². The lowest BCUT2D eigenvalue weighted by atomic mass is 10.1. The molecule has 3 nitrogen and oxygen atoms in total. The van der Waals surface area contributed by atoms with Crippen LogP contribution in [0.25, 0.3) is 5.70 Å². The Kier molecular flexibility index (Phi) is 9.08. The minimum absolute atomic E-state index is 0.124. The second-order valence-electron chi connectivity index (χ2n) is 4.83. The maximum absolute atomic E-state index is 12.4. The lowest BCUT2D eigenvalue weighted by Crippen LogP contribution is -2.11. The van der Waals surface area contributed by atoms with E-state index < -0.39 is 9.84 Å². The number of hydrogen-bond donors (Lipinski definition) is 0. The molecule has 8 heteroatoms. The minimum Gasteiger partial charge on any atom is -0.233 e. The Balaban J connectivity index is 3.81. The van der Waals surface area contributed by atoms with Crippen molar-refractivity contribution in [3.05, 3.63) is 40.3 Å². The maximum atomic E-state index is 12.4. The Morgan fingerprint density at radius 2 is 1.92 bits per heavy atom. The van der Waals surface area contributed by atoms with Crippen molar-refractivity contribution in [1.29, 1.82) is 0 Å². The molecule has 1 rings (SSSR count). The van der Waals surface area contributed by atoms with Crippen molar-refractivity contribution < 1.29 is 8.42 Å². The molecular weight excluding hydrogens is 399 g/mol. The van der Waals surface area contributed by atoms with Gasteiger partial charge in [0.25, 0.3) is 0 Å². The van der Waals surface area contributed by atoms with Gasteiger partial charge in [-0.3, -0.25) is 0 Å². The number of hydrogen-bond acceptors (Lipinski definition) is 7. The van der Waals surface area contributed by atoms with Gasteiger partial charge < -0.3 is 0 Å². The first-order chi connectivity index (χ1) is 11.2. The zero-order valence-electron chi connectivity index (χ0n) is 14.3. The van der Waals surface area contributed by atoms with Gasteiger partial charge in [0.05, 0.1) is 9.89 Å². The first-order valence-corrected chi connectivity index (χ1v) is 12.8. The first kappa shape index (κ1) is 21.8. The van der Waals surface area contributed by atoms with Gasteiger partial charge in [-0.1, -0.05) is 54.7 Å². The summed E-state index contributed by atoms with van der Waals surface area (Å²) in [5.41, 5.74) is 2.22. The van der Waals surface area contributed by atoms with Crippen molar-refractivity contribution >= 4 is 71.6 Å². The normalized spacial score (nSPS) is 13.6. The molecule has 0 fully saturated rings. The molecule has 0 saturated heterocycles. The summed E-state index contributed by atoms with van der Waals surface area (Å²) in [7, 11) is -3.51. The van der Waals surface area contributed by atoms with Gasteiger partial charge in [0.15, 0.2) is 9.84 Å². The van der Waals surface area contributed by atoms with Crippen LogP contribution in [0.5, 0.6) is 0 Å². The third kappa shape index (κ3) is 6.22. The van der Waals surface area contributed by atoms with Gasteiger partial charge in [0.2, 0.25) is 0 Å². The van der Waals surface area contributed by atoms with Crippen LogP contribution in [0.1, 0.15) is 18.1 Å². The fourth-order valence-corrected chi connectivity index (χ4v) is 5.67. The highest BCUT2D eigenvalue weighted by Gasteiger charge is 2.23. The molecule has 0 aromatic heterocycles.